The number of para-hydroxylation sites is 1. The minimum atomic E-state index is 0.479. The first-order chi connectivity index (χ1) is 25.7. The Balaban J connectivity index is 1.31. The smallest absolute Gasteiger partial charge is 0.104 e. The first-order valence-corrected chi connectivity index (χ1v) is 17.3. The van der Waals surface area contributed by atoms with E-state index in [2.05, 4.69) is 161 Å². The Morgan fingerprint density at radius 3 is 1.46 bits per heavy atom. The molecule has 0 bridgehead atoms. The maximum Gasteiger partial charge on any atom is 0.104 e. The van der Waals surface area contributed by atoms with E-state index < -0.39 is 0 Å². The number of aromatic nitrogens is 2. The Morgan fingerprint density at radius 2 is 0.865 bits per heavy atom. The lowest BCUT2D eigenvalue weighted by Crippen LogP contribution is -2.05. The Morgan fingerprint density at radius 1 is 0.365 bits per heavy atom. The van der Waals surface area contributed by atoms with Crippen molar-refractivity contribution in [1.82, 2.24) is 9.13 Å². The van der Waals surface area contributed by atoms with Crippen LogP contribution in [-0.4, -0.2) is 9.13 Å². The minimum Gasteiger partial charge on any atom is -0.308 e. The molecule has 0 spiro atoms. The number of hydrogen-bond donors (Lipinski definition) is 0. The predicted octanol–water partition coefficient (Wildman–Crippen LogP) is 12.1. The third kappa shape index (κ3) is 4.39. The summed E-state index contributed by atoms with van der Waals surface area (Å²) in [6.45, 7) is 0. The van der Waals surface area contributed by atoms with Crippen LogP contribution < -0.4 is 0 Å². The van der Waals surface area contributed by atoms with Crippen LogP contribution in [0, 0.1) is 22.7 Å². The van der Waals surface area contributed by atoms with E-state index in [-0.39, 0.29) is 0 Å². The number of rotatable bonds is 4. The van der Waals surface area contributed by atoms with Crippen molar-refractivity contribution in [3.8, 4) is 45.8 Å². The molecule has 0 radical (unpaired) electrons. The van der Waals surface area contributed by atoms with Crippen LogP contribution in [0.2, 0.25) is 0 Å². The second-order valence-corrected chi connectivity index (χ2v) is 13.2. The van der Waals surface area contributed by atoms with Crippen molar-refractivity contribution in [2.75, 3.05) is 0 Å². The molecule has 0 unspecified atom stereocenters. The van der Waals surface area contributed by atoms with Gasteiger partial charge < -0.3 is 9.13 Å². The highest BCUT2D eigenvalue weighted by molar-refractivity contribution is 6.21. The average Bonchev–Trinajstić information content (AvgIpc) is 3.73. The molecule has 4 heteroatoms. The van der Waals surface area contributed by atoms with Crippen LogP contribution in [0.15, 0.2) is 170 Å². The standard InChI is InChI=1S/C48H28N4/c49-29-31-25-46(41(30-50)47(26-31)52-42-18-10-9-17-38(42)48-37-16-8-7-15-34(37)19-24-45(48)52)51-43-22-20-35(32-11-3-1-4-12-32)27-39(43)40-28-36(21-23-44(40)51)33-13-5-2-6-14-33/h1-28H. The van der Waals surface area contributed by atoms with Crippen LogP contribution in [0.4, 0.5) is 0 Å². The molecule has 240 valence electrons. The van der Waals surface area contributed by atoms with Crippen LogP contribution in [-0.2, 0) is 0 Å². The molecule has 10 aromatic rings. The van der Waals surface area contributed by atoms with E-state index in [4.69, 9.17) is 0 Å². The molecule has 0 fully saturated rings. The van der Waals surface area contributed by atoms with Crippen LogP contribution in [0.1, 0.15) is 11.1 Å². The molecule has 0 aliphatic heterocycles. The van der Waals surface area contributed by atoms with E-state index in [1.54, 1.807) is 0 Å². The van der Waals surface area contributed by atoms with Gasteiger partial charge >= 0.3 is 0 Å². The molecular formula is C48H28N4. The van der Waals surface area contributed by atoms with E-state index in [1.807, 2.05) is 30.3 Å². The summed E-state index contributed by atoms with van der Waals surface area (Å²) in [6, 6.07) is 63.6. The van der Waals surface area contributed by atoms with Crippen LogP contribution in [0.25, 0.3) is 88.0 Å². The average molecular weight is 661 g/mol. The highest BCUT2D eigenvalue weighted by Gasteiger charge is 2.23. The second-order valence-electron chi connectivity index (χ2n) is 13.2. The number of hydrogen-bond acceptors (Lipinski definition) is 2. The topological polar surface area (TPSA) is 57.4 Å². The number of benzene rings is 8. The fourth-order valence-electron chi connectivity index (χ4n) is 8.05. The summed E-state index contributed by atoms with van der Waals surface area (Å²) >= 11 is 0. The van der Waals surface area contributed by atoms with Crippen LogP contribution in [0.5, 0.6) is 0 Å². The molecule has 4 nitrogen and oxygen atoms in total. The molecule has 10 rings (SSSR count). The summed E-state index contributed by atoms with van der Waals surface area (Å²) in [5, 5.41) is 28.3. The number of nitriles is 2. The van der Waals surface area contributed by atoms with Crippen molar-refractivity contribution in [2.45, 2.75) is 0 Å². The van der Waals surface area contributed by atoms with E-state index in [1.165, 1.54) is 0 Å². The first kappa shape index (κ1) is 29.5. The lowest BCUT2D eigenvalue weighted by molar-refractivity contribution is 1.11. The molecule has 0 aliphatic carbocycles. The van der Waals surface area contributed by atoms with Gasteiger partial charge in [-0.15, -0.1) is 0 Å². The Hall–Kier alpha value is -7.40. The monoisotopic (exact) mass is 660 g/mol. The van der Waals surface area contributed by atoms with E-state index in [0.29, 0.717) is 22.5 Å². The largest absolute Gasteiger partial charge is 0.308 e. The van der Waals surface area contributed by atoms with Gasteiger partial charge in [-0.1, -0.05) is 121 Å². The predicted molar refractivity (Wildman–Crippen MR) is 213 cm³/mol. The minimum absolute atomic E-state index is 0.479. The molecule has 0 N–H and O–H groups in total. The SMILES string of the molecule is N#Cc1cc(-n2c3ccc(-c4ccccc4)cc3c3cc(-c4ccccc4)ccc32)c(C#N)c(-n2c3ccccc3c3c4ccccc4ccc32)c1. The molecular weight excluding hydrogens is 633 g/mol. The molecule has 2 heterocycles. The molecule has 52 heavy (non-hydrogen) atoms. The Kier molecular flexibility index (Phi) is 6.58. The summed E-state index contributed by atoms with van der Waals surface area (Å²) in [6.07, 6.45) is 0. The van der Waals surface area contributed by atoms with Crippen molar-refractivity contribution in [1.29, 1.82) is 10.5 Å². The van der Waals surface area contributed by atoms with Crippen LogP contribution in [0.3, 0.4) is 0 Å². The Labute approximate surface area is 299 Å². The normalized spacial score (nSPS) is 11.4. The fourth-order valence-corrected chi connectivity index (χ4v) is 8.05. The molecule has 0 saturated carbocycles. The molecule has 0 atom stereocenters. The first-order valence-electron chi connectivity index (χ1n) is 17.3. The van der Waals surface area contributed by atoms with Crippen molar-refractivity contribution in [2.24, 2.45) is 0 Å². The molecule has 8 aromatic carbocycles. The summed E-state index contributed by atoms with van der Waals surface area (Å²) in [5.41, 5.74) is 10.7. The van der Waals surface area contributed by atoms with Gasteiger partial charge in [0, 0.05) is 21.5 Å². The quantitative estimate of drug-likeness (QED) is 0.189. The van der Waals surface area contributed by atoms with Crippen molar-refractivity contribution in [3.63, 3.8) is 0 Å². The lowest BCUT2D eigenvalue weighted by atomic mass is 10.0. The summed E-state index contributed by atoms with van der Waals surface area (Å²) in [7, 11) is 0. The van der Waals surface area contributed by atoms with Gasteiger partial charge in [0.1, 0.15) is 11.6 Å². The molecule has 0 saturated heterocycles. The Bertz CT molecular complexity index is 3040. The third-order valence-corrected chi connectivity index (χ3v) is 10.4. The van der Waals surface area contributed by atoms with Crippen molar-refractivity contribution in [3.05, 3.63) is 181 Å². The second kappa shape index (κ2) is 11.6. The highest BCUT2D eigenvalue weighted by atomic mass is 15.0. The maximum atomic E-state index is 11.1. The zero-order chi connectivity index (χ0) is 34.8. The van der Waals surface area contributed by atoms with Gasteiger partial charge in [-0.2, -0.15) is 10.5 Å². The maximum absolute atomic E-state index is 11.1. The zero-order valence-corrected chi connectivity index (χ0v) is 28.0. The van der Waals surface area contributed by atoms with E-state index >= 15 is 0 Å². The van der Waals surface area contributed by atoms with Gasteiger partial charge in [-0.25, -0.2) is 0 Å². The highest BCUT2D eigenvalue weighted by Crippen LogP contribution is 2.41. The lowest BCUT2D eigenvalue weighted by Gasteiger charge is -2.17. The summed E-state index contributed by atoms with van der Waals surface area (Å²) in [4.78, 5) is 0. The van der Waals surface area contributed by atoms with Crippen LogP contribution >= 0.6 is 0 Å². The van der Waals surface area contributed by atoms with Gasteiger partial charge in [0.05, 0.1) is 45.1 Å². The fraction of sp³-hybridized carbons (Fsp3) is 0. The van der Waals surface area contributed by atoms with Crippen molar-refractivity contribution < 1.29 is 0 Å². The molecule has 0 amide bonds. The summed E-state index contributed by atoms with van der Waals surface area (Å²) in [5.74, 6) is 0. The number of fused-ring (bicyclic) bond motifs is 8. The molecule has 2 aromatic heterocycles. The van der Waals surface area contributed by atoms with Gasteiger partial charge in [-0.3, -0.25) is 0 Å². The van der Waals surface area contributed by atoms with Gasteiger partial charge in [0.2, 0.25) is 0 Å². The van der Waals surface area contributed by atoms with Gasteiger partial charge in [0.15, 0.2) is 0 Å². The molecule has 0 aliphatic rings. The van der Waals surface area contributed by atoms with E-state index in [9.17, 15) is 10.5 Å². The number of nitrogens with zero attached hydrogens (tertiary/aromatic N) is 4. The van der Waals surface area contributed by atoms with Crippen molar-refractivity contribution >= 4 is 54.4 Å². The summed E-state index contributed by atoms with van der Waals surface area (Å²) < 4.78 is 4.33. The third-order valence-electron chi connectivity index (χ3n) is 10.4. The zero-order valence-electron chi connectivity index (χ0n) is 28.0. The van der Waals surface area contributed by atoms with Gasteiger partial charge in [0.25, 0.3) is 0 Å². The van der Waals surface area contributed by atoms with E-state index in [0.717, 1.165) is 76.6 Å². The van der Waals surface area contributed by atoms with Gasteiger partial charge in [-0.05, 0) is 81.6 Å².